The first-order valence-electron chi connectivity index (χ1n) is 12.5. The SMILES string of the molecule is CC.CC1(C)CCCCO1.CN1OC2(CCOc3ccc(-c4ccc5cn[nH]c5c4)cc32)N=C1N. The topological polar surface area (TPSA) is 98.0 Å². The van der Waals surface area contributed by atoms with Crippen LogP contribution in [0.5, 0.6) is 5.75 Å². The first-order valence-corrected chi connectivity index (χ1v) is 12.5. The molecule has 0 saturated carbocycles. The molecule has 0 bridgehead atoms. The van der Waals surface area contributed by atoms with Crippen molar-refractivity contribution in [2.24, 2.45) is 10.7 Å². The third-order valence-corrected chi connectivity index (χ3v) is 6.45. The van der Waals surface area contributed by atoms with Crippen molar-refractivity contribution in [2.45, 2.75) is 64.7 Å². The average molecular weight is 480 g/mol. The lowest BCUT2D eigenvalue weighted by molar-refractivity contribution is -0.183. The van der Waals surface area contributed by atoms with Crippen molar-refractivity contribution in [1.29, 1.82) is 0 Å². The minimum atomic E-state index is -0.805. The number of H-pyrrole nitrogens is 1. The van der Waals surface area contributed by atoms with Gasteiger partial charge in [-0.1, -0.05) is 32.0 Å². The van der Waals surface area contributed by atoms with Crippen molar-refractivity contribution in [3.8, 4) is 16.9 Å². The van der Waals surface area contributed by atoms with Crippen LogP contribution in [0.15, 0.2) is 47.6 Å². The van der Waals surface area contributed by atoms with E-state index in [9.17, 15) is 0 Å². The smallest absolute Gasteiger partial charge is 0.221 e. The average Bonchev–Trinajstić information content (AvgIpc) is 3.44. The van der Waals surface area contributed by atoms with Gasteiger partial charge < -0.3 is 15.2 Å². The Morgan fingerprint density at radius 3 is 2.43 bits per heavy atom. The molecule has 0 radical (unpaired) electrons. The highest BCUT2D eigenvalue weighted by Gasteiger charge is 2.45. The zero-order chi connectivity index (χ0) is 25.1. The Hall–Kier alpha value is -3.10. The van der Waals surface area contributed by atoms with Crippen molar-refractivity contribution < 1.29 is 14.3 Å². The molecule has 1 aromatic heterocycles. The maximum absolute atomic E-state index is 5.99. The Morgan fingerprint density at radius 1 is 1.00 bits per heavy atom. The normalized spacial score (nSPS) is 22.3. The molecule has 1 atom stereocenters. The zero-order valence-corrected chi connectivity index (χ0v) is 21.4. The van der Waals surface area contributed by atoms with E-state index < -0.39 is 5.72 Å². The van der Waals surface area contributed by atoms with Gasteiger partial charge >= 0.3 is 0 Å². The maximum Gasteiger partial charge on any atom is 0.221 e. The molecule has 0 aliphatic carbocycles. The van der Waals surface area contributed by atoms with E-state index in [1.54, 1.807) is 7.05 Å². The van der Waals surface area contributed by atoms with Crippen LogP contribution in [0.3, 0.4) is 0 Å². The molecule has 35 heavy (non-hydrogen) atoms. The predicted octanol–water partition coefficient (Wildman–Crippen LogP) is 5.35. The number of benzene rings is 2. The summed E-state index contributed by atoms with van der Waals surface area (Å²) in [5, 5.41) is 9.68. The van der Waals surface area contributed by atoms with Crippen molar-refractivity contribution in [3.63, 3.8) is 0 Å². The molecular weight excluding hydrogens is 442 g/mol. The monoisotopic (exact) mass is 479 g/mol. The summed E-state index contributed by atoms with van der Waals surface area (Å²) >= 11 is 0. The molecule has 1 unspecified atom stereocenters. The molecule has 3 aliphatic heterocycles. The minimum Gasteiger partial charge on any atom is -0.493 e. The van der Waals surface area contributed by atoms with Gasteiger partial charge in [-0.05, 0) is 62.4 Å². The van der Waals surface area contributed by atoms with E-state index in [4.69, 9.17) is 20.0 Å². The van der Waals surface area contributed by atoms with Gasteiger partial charge in [0.05, 0.1) is 29.5 Å². The van der Waals surface area contributed by atoms with Gasteiger partial charge in [0.25, 0.3) is 0 Å². The van der Waals surface area contributed by atoms with E-state index >= 15 is 0 Å². The second kappa shape index (κ2) is 10.3. The lowest BCUT2D eigenvalue weighted by Crippen LogP contribution is -2.35. The number of aromatic amines is 1. The maximum atomic E-state index is 5.99. The summed E-state index contributed by atoms with van der Waals surface area (Å²) in [4.78, 5) is 10.6. The van der Waals surface area contributed by atoms with E-state index in [1.165, 1.54) is 24.3 Å². The summed E-state index contributed by atoms with van der Waals surface area (Å²) in [6.45, 7) is 9.82. The van der Waals surface area contributed by atoms with Crippen LogP contribution in [0.4, 0.5) is 0 Å². The van der Waals surface area contributed by atoms with Crippen LogP contribution in [0.25, 0.3) is 22.0 Å². The molecule has 4 heterocycles. The standard InChI is InChI=1S/C18H17N5O2.C7H14O.C2H6/c1-23-17(19)21-18(25-23)6-7-24-16-5-4-11(8-14(16)18)12-2-3-13-10-20-22-15(13)9-12;1-7(2)5-3-4-6-8-7;1-2/h2-5,8-10H,6-7H2,1H3,(H2,19,21)(H,20,22);3-6H2,1-2H3;1-2H3. The fraction of sp³-hybridized carbons (Fsp3) is 0.481. The summed E-state index contributed by atoms with van der Waals surface area (Å²) in [6.07, 6.45) is 6.26. The van der Waals surface area contributed by atoms with Gasteiger partial charge in [0, 0.05) is 25.5 Å². The van der Waals surface area contributed by atoms with E-state index in [1.807, 2.05) is 32.2 Å². The molecular formula is C27H37N5O3. The van der Waals surface area contributed by atoms with Crippen LogP contribution >= 0.6 is 0 Å². The second-order valence-corrected chi connectivity index (χ2v) is 9.39. The Morgan fingerprint density at radius 2 is 1.77 bits per heavy atom. The quantitative estimate of drug-likeness (QED) is 0.488. The molecule has 188 valence electrons. The van der Waals surface area contributed by atoms with Gasteiger partial charge in [-0.2, -0.15) is 5.10 Å². The highest BCUT2D eigenvalue weighted by Crippen LogP contribution is 2.45. The second-order valence-electron chi connectivity index (χ2n) is 9.39. The molecule has 1 saturated heterocycles. The number of nitrogens with one attached hydrogen (secondary N) is 1. The first kappa shape index (κ1) is 25.0. The predicted molar refractivity (Wildman–Crippen MR) is 139 cm³/mol. The van der Waals surface area contributed by atoms with Crippen LogP contribution in [0.1, 0.15) is 58.9 Å². The van der Waals surface area contributed by atoms with Gasteiger partial charge in [0.1, 0.15) is 5.75 Å². The van der Waals surface area contributed by atoms with Crippen LogP contribution in [0, 0.1) is 0 Å². The number of fused-ring (bicyclic) bond motifs is 3. The molecule has 3 N–H and O–H groups in total. The Labute approximate surface area is 207 Å². The fourth-order valence-electron chi connectivity index (χ4n) is 4.52. The number of hydrogen-bond donors (Lipinski definition) is 2. The van der Waals surface area contributed by atoms with E-state index in [0.29, 0.717) is 19.0 Å². The van der Waals surface area contributed by atoms with Gasteiger partial charge in [-0.15, -0.1) is 0 Å². The molecule has 3 aliphatic rings. The largest absolute Gasteiger partial charge is 0.493 e. The van der Waals surface area contributed by atoms with Crippen molar-refractivity contribution in [1.82, 2.24) is 15.3 Å². The molecule has 8 heteroatoms. The van der Waals surface area contributed by atoms with Crippen LogP contribution < -0.4 is 10.5 Å². The number of rotatable bonds is 1. The third kappa shape index (κ3) is 5.28. The summed E-state index contributed by atoms with van der Waals surface area (Å²) in [6, 6.07) is 12.3. The molecule has 1 fully saturated rings. The number of hydrogen-bond acceptors (Lipinski definition) is 7. The zero-order valence-electron chi connectivity index (χ0n) is 21.4. The molecule has 3 aromatic rings. The molecule has 2 aromatic carbocycles. The summed E-state index contributed by atoms with van der Waals surface area (Å²) in [5.74, 6) is 1.15. The molecule has 0 amide bonds. The number of ether oxygens (including phenoxy) is 2. The number of nitrogens with zero attached hydrogens (tertiary/aromatic N) is 3. The fourth-order valence-corrected chi connectivity index (χ4v) is 4.52. The van der Waals surface area contributed by atoms with Gasteiger partial charge in [0.2, 0.25) is 11.7 Å². The van der Waals surface area contributed by atoms with Crippen molar-refractivity contribution >= 4 is 16.9 Å². The summed E-state index contributed by atoms with van der Waals surface area (Å²) in [7, 11) is 1.76. The summed E-state index contributed by atoms with van der Waals surface area (Å²) < 4.78 is 11.3. The summed E-state index contributed by atoms with van der Waals surface area (Å²) in [5.41, 5.74) is 9.36. The van der Waals surface area contributed by atoms with Crippen LogP contribution in [0.2, 0.25) is 0 Å². The number of nitrogens with two attached hydrogens (primary N) is 1. The Balaban J connectivity index is 0.000000245. The van der Waals surface area contributed by atoms with E-state index in [2.05, 4.69) is 53.3 Å². The highest BCUT2D eigenvalue weighted by molar-refractivity contribution is 5.84. The number of hydroxylamine groups is 2. The van der Waals surface area contributed by atoms with Gasteiger partial charge in [-0.25, -0.2) is 14.9 Å². The molecule has 6 rings (SSSR count). The van der Waals surface area contributed by atoms with E-state index in [0.717, 1.165) is 39.9 Å². The van der Waals surface area contributed by atoms with Gasteiger partial charge in [-0.3, -0.25) is 5.10 Å². The van der Waals surface area contributed by atoms with Crippen LogP contribution in [-0.2, 0) is 15.3 Å². The Kier molecular flexibility index (Phi) is 7.33. The van der Waals surface area contributed by atoms with Crippen LogP contribution in [-0.4, -0.2) is 47.1 Å². The molecule has 8 nitrogen and oxygen atoms in total. The number of aromatic nitrogens is 2. The lowest BCUT2D eigenvalue weighted by atomic mass is 9.93. The molecule has 1 spiro atoms. The van der Waals surface area contributed by atoms with Crippen molar-refractivity contribution in [3.05, 3.63) is 48.2 Å². The first-order chi connectivity index (χ1) is 16.9. The number of aliphatic imine (C=N–C) groups is 1. The van der Waals surface area contributed by atoms with E-state index in [-0.39, 0.29) is 5.60 Å². The van der Waals surface area contributed by atoms with Crippen molar-refractivity contribution in [2.75, 3.05) is 20.3 Å². The Bertz CT molecular complexity index is 1180. The minimum absolute atomic E-state index is 0.179. The van der Waals surface area contributed by atoms with Gasteiger partial charge in [0.15, 0.2) is 0 Å². The lowest BCUT2D eigenvalue weighted by Gasteiger charge is -2.32. The third-order valence-electron chi connectivity index (χ3n) is 6.45. The highest BCUT2D eigenvalue weighted by atomic mass is 16.7. The number of guanidine groups is 1.